The Morgan fingerprint density at radius 3 is 2.85 bits per heavy atom. The van der Waals surface area contributed by atoms with Crippen LogP contribution >= 0.6 is 11.5 Å². The van der Waals surface area contributed by atoms with Crippen molar-refractivity contribution in [1.29, 1.82) is 0 Å². The van der Waals surface area contributed by atoms with Crippen LogP contribution in [0.2, 0.25) is 0 Å². The van der Waals surface area contributed by atoms with Crippen LogP contribution in [-0.4, -0.2) is 35.9 Å². The van der Waals surface area contributed by atoms with Crippen molar-refractivity contribution >= 4 is 22.6 Å². The van der Waals surface area contributed by atoms with Crippen LogP contribution < -0.4 is 10.2 Å². The molecule has 0 saturated heterocycles. The van der Waals surface area contributed by atoms with Crippen LogP contribution in [0.3, 0.4) is 0 Å². The summed E-state index contributed by atoms with van der Waals surface area (Å²) in [6.07, 6.45) is 0. The maximum Gasteiger partial charge on any atom is 0.239 e. The zero-order valence-corrected chi connectivity index (χ0v) is 8.68. The quantitative estimate of drug-likeness (QED) is 0.748. The van der Waals surface area contributed by atoms with E-state index in [9.17, 15) is 4.79 Å². The molecule has 0 aliphatic rings. The standard InChI is InChI=1S/C7H12N4OS/c1-5-9-7(13-10-5)11(3)4-6(12)8-2/h4H2,1-3H3,(H,8,12). The van der Waals surface area contributed by atoms with Crippen molar-refractivity contribution in [3.05, 3.63) is 5.82 Å². The lowest BCUT2D eigenvalue weighted by Crippen LogP contribution is -2.32. The number of hydrogen-bond acceptors (Lipinski definition) is 5. The van der Waals surface area contributed by atoms with Crippen LogP contribution in [0, 0.1) is 6.92 Å². The number of hydrogen-bond donors (Lipinski definition) is 1. The minimum atomic E-state index is -0.0321. The molecule has 0 aliphatic heterocycles. The summed E-state index contributed by atoms with van der Waals surface area (Å²) in [7, 11) is 3.43. The third kappa shape index (κ3) is 2.66. The third-order valence-electron chi connectivity index (χ3n) is 1.50. The van der Waals surface area contributed by atoms with Gasteiger partial charge in [-0.25, -0.2) is 4.98 Å². The second kappa shape index (κ2) is 4.18. The number of rotatable bonds is 3. The molecule has 0 saturated carbocycles. The average molecular weight is 200 g/mol. The number of aromatic nitrogens is 2. The molecular weight excluding hydrogens is 188 g/mol. The van der Waals surface area contributed by atoms with Crippen molar-refractivity contribution in [1.82, 2.24) is 14.7 Å². The fraction of sp³-hybridized carbons (Fsp3) is 0.571. The average Bonchev–Trinajstić information content (AvgIpc) is 2.51. The van der Waals surface area contributed by atoms with Gasteiger partial charge >= 0.3 is 0 Å². The molecular formula is C7H12N4OS. The Hall–Kier alpha value is -1.17. The van der Waals surface area contributed by atoms with Gasteiger partial charge in [0.2, 0.25) is 11.0 Å². The molecule has 1 aromatic rings. The van der Waals surface area contributed by atoms with Gasteiger partial charge in [-0.2, -0.15) is 4.37 Å². The van der Waals surface area contributed by atoms with Gasteiger partial charge in [0.25, 0.3) is 0 Å². The molecule has 0 bridgehead atoms. The Kier molecular flexibility index (Phi) is 3.18. The molecule has 0 aromatic carbocycles. The molecule has 0 radical (unpaired) electrons. The lowest BCUT2D eigenvalue weighted by molar-refractivity contribution is -0.119. The van der Waals surface area contributed by atoms with E-state index in [1.54, 1.807) is 11.9 Å². The van der Waals surface area contributed by atoms with Crippen LogP contribution in [0.15, 0.2) is 0 Å². The number of aryl methyl sites for hydroxylation is 1. The number of likely N-dealkylation sites (N-methyl/N-ethyl adjacent to an activating group) is 2. The van der Waals surface area contributed by atoms with Gasteiger partial charge in [0.1, 0.15) is 5.82 Å². The zero-order chi connectivity index (χ0) is 9.84. The predicted octanol–water partition coefficient (Wildman–Crippen LogP) is 0.0287. The van der Waals surface area contributed by atoms with Gasteiger partial charge in [0.05, 0.1) is 6.54 Å². The Morgan fingerprint density at radius 2 is 2.38 bits per heavy atom. The lowest BCUT2D eigenvalue weighted by atomic mass is 10.5. The van der Waals surface area contributed by atoms with Gasteiger partial charge in [-0.05, 0) is 6.92 Å². The SMILES string of the molecule is CNC(=O)CN(C)c1nc(C)ns1. The molecule has 13 heavy (non-hydrogen) atoms. The summed E-state index contributed by atoms with van der Waals surface area (Å²) in [4.78, 5) is 16.9. The number of carbonyl (C=O) groups is 1. The zero-order valence-electron chi connectivity index (χ0n) is 7.87. The molecule has 0 atom stereocenters. The van der Waals surface area contributed by atoms with Crippen molar-refractivity contribution in [2.75, 3.05) is 25.5 Å². The van der Waals surface area contributed by atoms with E-state index in [4.69, 9.17) is 0 Å². The van der Waals surface area contributed by atoms with Crippen LogP contribution in [0.4, 0.5) is 5.13 Å². The summed E-state index contributed by atoms with van der Waals surface area (Å²) in [5.74, 6) is 0.708. The molecule has 5 nitrogen and oxygen atoms in total. The number of nitrogens with zero attached hydrogens (tertiary/aromatic N) is 3. The molecule has 1 amide bonds. The number of anilines is 1. The van der Waals surface area contributed by atoms with E-state index in [0.29, 0.717) is 6.54 Å². The van der Waals surface area contributed by atoms with Crippen molar-refractivity contribution in [3.8, 4) is 0 Å². The van der Waals surface area contributed by atoms with Crippen molar-refractivity contribution < 1.29 is 4.79 Å². The fourth-order valence-electron chi connectivity index (χ4n) is 0.803. The first-order valence-electron chi connectivity index (χ1n) is 3.85. The van der Waals surface area contributed by atoms with E-state index in [0.717, 1.165) is 11.0 Å². The number of amides is 1. The predicted molar refractivity (Wildman–Crippen MR) is 52.0 cm³/mol. The first-order valence-corrected chi connectivity index (χ1v) is 4.63. The second-order valence-corrected chi connectivity index (χ2v) is 3.38. The molecule has 6 heteroatoms. The molecule has 1 N–H and O–H groups in total. The highest BCUT2D eigenvalue weighted by molar-refractivity contribution is 7.09. The van der Waals surface area contributed by atoms with Crippen LogP contribution in [0.1, 0.15) is 5.82 Å². The van der Waals surface area contributed by atoms with E-state index in [-0.39, 0.29) is 5.91 Å². The third-order valence-corrected chi connectivity index (χ3v) is 2.42. The molecule has 0 unspecified atom stereocenters. The van der Waals surface area contributed by atoms with E-state index in [1.165, 1.54) is 11.5 Å². The van der Waals surface area contributed by atoms with E-state index in [1.807, 2.05) is 14.0 Å². The van der Waals surface area contributed by atoms with Crippen molar-refractivity contribution in [3.63, 3.8) is 0 Å². The first-order chi connectivity index (χ1) is 6.13. The fourth-order valence-corrected chi connectivity index (χ4v) is 1.43. The molecule has 1 heterocycles. The topological polar surface area (TPSA) is 58.1 Å². The second-order valence-electron chi connectivity index (χ2n) is 2.65. The van der Waals surface area contributed by atoms with Crippen LogP contribution in [-0.2, 0) is 4.79 Å². The minimum absolute atomic E-state index is 0.0321. The number of nitrogens with one attached hydrogen (secondary N) is 1. The Labute approximate surface area is 80.9 Å². The van der Waals surface area contributed by atoms with Gasteiger partial charge in [-0.3, -0.25) is 4.79 Å². The van der Waals surface area contributed by atoms with E-state index in [2.05, 4.69) is 14.7 Å². The van der Waals surface area contributed by atoms with Crippen LogP contribution in [0.25, 0.3) is 0 Å². The maximum atomic E-state index is 11.0. The smallest absolute Gasteiger partial charge is 0.239 e. The summed E-state index contributed by atoms with van der Waals surface area (Å²) in [5.41, 5.74) is 0. The molecule has 1 aromatic heterocycles. The summed E-state index contributed by atoms with van der Waals surface area (Å²) in [6.45, 7) is 2.14. The molecule has 0 fully saturated rings. The molecule has 1 rings (SSSR count). The molecule has 0 spiro atoms. The Bertz CT molecular complexity index is 298. The summed E-state index contributed by atoms with van der Waals surface area (Å²) < 4.78 is 4.03. The molecule has 72 valence electrons. The van der Waals surface area contributed by atoms with Crippen molar-refractivity contribution in [2.24, 2.45) is 0 Å². The van der Waals surface area contributed by atoms with E-state index < -0.39 is 0 Å². The maximum absolute atomic E-state index is 11.0. The highest BCUT2D eigenvalue weighted by Gasteiger charge is 2.09. The summed E-state index contributed by atoms with van der Waals surface area (Å²) >= 11 is 1.29. The normalized spacial score (nSPS) is 9.77. The summed E-state index contributed by atoms with van der Waals surface area (Å²) in [5, 5.41) is 3.31. The van der Waals surface area contributed by atoms with Gasteiger partial charge in [-0.1, -0.05) is 0 Å². The van der Waals surface area contributed by atoms with Crippen molar-refractivity contribution in [2.45, 2.75) is 6.92 Å². The minimum Gasteiger partial charge on any atom is -0.358 e. The highest BCUT2D eigenvalue weighted by Crippen LogP contribution is 2.14. The van der Waals surface area contributed by atoms with E-state index >= 15 is 0 Å². The van der Waals surface area contributed by atoms with Crippen LogP contribution in [0.5, 0.6) is 0 Å². The monoisotopic (exact) mass is 200 g/mol. The number of carbonyl (C=O) groups excluding carboxylic acids is 1. The Morgan fingerprint density at radius 1 is 1.69 bits per heavy atom. The highest BCUT2D eigenvalue weighted by atomic mass is 32.1. The van der Waals surface area contributed by atoms with Gasteiger partial charge < -0.3 is 10.2 Å². The largest absolute Gasteiger partial charge is 0.358 e. The molecule has 0 aliphatic carbocycles. The lowest BCUT2D eigenvalue weighted by Gasteiger charge is -2.12. The Balaban J connectivity index is 2.58. The van der Waals surface area contributed by atoms with Gasteiger partial charge in [0, 0.05) is 25.6 Å². The first kappa shape index (κ1) is 9.91. The van der Waals surface area contributed by atoms with Gasteiger partial charge in [0.15, 0.2) is 0 Å². The van der Waals surface area contributed by atoms with Gasteiger partial charge in [-0.15, -0.1) is 0 Å². The summed E-state index contributed by atoms with van der Waals surface area (Å²) in [6, 6.07) is 0.